The summed E-state index contributed by atoms with van der Waals surface area (Å²) in [6.07, 6.45) is 4.86. The van der Waals surface area contributed by atoms with Crippen LogP contribution in [0.25, 0.3) is 0 Å². The van der Waals surface area contributed by atoms with Crippen LogP contribution in [0.15, 0.2) is 24.3 Å². The number of ether oxygens (including phenoxy) is 1. The van der Waals surface area contributed by atoms with Gasteiger partial charge in [0.25, 0.3) is 11.9 Å². The van der Waals surface area contributed by atoms with E-state index in [9.17, 15) is 10.2 Å². The number of rotatable bonds is 3. The maximum absolute atomic E-state index is 10.2. The molecule has 0 radical (unpaired) electrons. The summed E-state index contributed by atoms with van der Waals surface area (Å²) in [7, 11) is -0.983. The van der Waals surface area contributed by atoms with Crippen LogP contribution in [0.4, 0.5) is 0 Å². The van der Waals surface area contributed by atoms with Gasteiger partial charge in [-0.15, -0.1) is 0 Å². The molecule has 3 saturated carbocycles. The monoisotopic (exact) mass is 351 g/mol. The van der Waals surface area contributed by atoms with Crippen LogP contribution in [-0.2, 0) is 14.0 Å². The normalized spacial score (nSPS) is 44.2. The van der Waals surface area contributed by atoms with Crippen LogP contribution >= 0.6 is 0 Å². The molecule has 0 spiro atoms. The van der Waals surface area contributed by atoms with Crippen molar-refractivity contribution in [3.63, 3.8) is 0 Å². The van der Waals surface area contributed by atoms with Crippen LogP contribution in [0.5, 0.6) is 0 Å². The minimum Gasteiger partial charge on any atom is -0.496 e. The average molecular weight is 351 g/mol. The van der Waals surface area contributed by atoms with E-state index in [0.717, 1.165) is 6.42 Å². The van der Waals surface area contributed by atoms with Gasteiger partial charge in [-0.3, -0.25) is 0 Å². The number of hydrogen-bond acceptors (Lipinski definition) is 7. The first-order chi connectivity index (χ1) is 11.8. The topological polar surface area (TPSA) is 94.9 Å². The van der Waals surface area contributed by atoms with E-state index in [4.69, 9.17) is 19.2 Å². The van der Waals surface area contributed by atoms with Crippen LogP contribution in [-0.4, -0.2) is 52.1 Å². The summed E-state index contributed by atoms with van der Waals surface area (Å²) < 4.78 is 15.9. The van der Waals surface area contributed by atoms with Gasteiger partial charge in [0.05, 0.1) is 19.0 Å². The molecule has 3 unspecified atom stereocenters. The van der Waals surface area contributed by atoms with Gasteiger partial charge in [0.1, 0.15) is 12.1 Å². The Morgan fingerprint density at radius 2 is 1.84 bits per heavy atom. The lowest BCUT2D eigenvalue weighted by molar-refractivity contribution is -0.128. The molecule has 138 valence electrons. The zero-order chi connectivity index (χ0) is 17.9. The molecule has 2 heterocycles. The third kappa shape index (κ3) is 2.75. The van der Waals surface area contributed by atoms with E-state index < -0.39 is 19.2 Å². The zero-order valence-electron chi connectivity index (χ0n) is 14.8. The fourth-order valence-electron chi connectivity index (χ4n) is 5.00. The molecule has 7 nitrogen and oxygen atoms in total. The highest BCUT2D eigenvalue weighted by Crippen LogP contribution is 2.62. The van der Waals surface area contributed by atoms with Gasteiger partial charge in [-0.2, -0.15) is 0 Å². The van der Waals surface area contributed by atoms with Crippen LogP contribution in [0.3, 0.4) is 0 Å². The van der Waals surface area contributed by atoms with E-state index in [1.807, 2.05) is 0 Å². The van der Waals surface area contributed by atoms with Crippen LogP contribution in [0, 0.1) is 23.2 Å². The highest BCUT2D eigenvalue weighted by atomic mass is 16.7. The second-order valence-corrected chi connectivity index (χ2v) is 8.33. The van der Waals surface area contributed by atoms with Crippen molar-refractivity contribution in [3.05, 3.63) is 24.3 Å². The number of aliphatic hydroxyl groups excluding tert-OH is 3. The van der Waals surface area contributed by atoms with Gasteiger partial charge in [-0.05, 0) is 36.0 Å². The SMILES string of the molecule is C[C@H]1C(N2C=C(O)OB(C3O[C@H]3CO)O/C(O)=C\2)CC2C[C@H]1C2(C)C. The molecule has 2 aliphatic heterocycles. The molecule has 5 rings (SSSR count). The van der Waals surface area contributed by atoms with Crippen LogP contribution < -0.4 is 0 Å². The molecule has 2 bridgehead atoms. The van der Waals surface area contributed by atoms with Crippen molar-refractivity contribution >= 4 is 7.12 Å². The second kappa shape index (κ2) is 5.74. The highest BCUT2D eigenvalue weighted by Gasteiger charge is 2.58. The Kier molecular flexibility index (Phi) is 3.88. The van der Waals surface area contributed by atoms with Crippen molar-refractivity contribution in [3.8, 4) is 0 Å². The van der Waals surface area contributed by atoms with Crippen molar-refractivity contribution < 1.29 is 29.4 Å². The molecule has 0 aromatic rings. The van der Waals surface area contributed by atoms with E-state index in [0.29, 0.717) is 23.2 Å². The predicted octanol–water partition coefficient (Wildman–Crippen LogP) is 1.91. The minimum absolute atomic E-state index is 0.160. The first kappa shape index (κ1) is 16.9. The van der Waals surface area contributed by atoms with Crippen molar-refractivity contribution in [2.75, 3.05) is 6.61 Å². The van der Waals surface area contributed by atoms with E-state index in [-0.39, 0.29) is 24.5 Å². The van der Waals surface area contributed by atoms with Crippen LogP contribution in [0.2, 0.25) is 0 Å². The molecular weight excluding hydrogens is 325 g/mol. The molecule has 0 aromatic carbocycles. The van der Waals surface area contributed by atoms with E-state index in [1.54, 1.807) is 4.90 Å². The number of aliphatic hydroxyl groups is 3. The lowest BCUT2D eigenvalue weighted by Gasteiger charge is -2.63. The summed E-state index contributed by atoms with van der Waals surface area (Å²) in [5.74, 6) is 1.13. The van der Waals surface area contributed by atoms with E-state index >= 15 is 0 Å². The highest BCUT2D eigenvalue weighted by molar-refractivity contribution is 6.48. The van der Waals surface area contributed by atoms with E-state index in [1.165, 1.54) is 18.8 Å². The van der Waals surface area contributed by atoms with Gasteiger partial charge in [-0.25, -0.2) is 0 Å². The van der Waals surface area contributed by atoms with Gasteiger partial charge in [0, 0.05) is 6.04 Å². The van der Waals surface area contributed by atoms with Gasteiger partial charge < -0.3 is 34.3 Å². The number of fused-ring (bicyclic) bond motifs is 2. The van der Waals surface area contributed by atoms with Gasteiger partial charge in [-0.1, -0.05) is 20.8 Å². The molecule has 6 atom stereocenters. The van der Waals surface area contributed by atoms with Gasteiger partial charge in [0.2, 0.25) is 0 Å². The Balaban J connectivity index is 1.50. The summed E-state index contributed by atoms with van der Waals surface area (Å²) in [6, 6.07) is -0.336. The van der Waals surface area contributed by atoms with Crippen molar-refractivity contribution in [1.82, 2.24) is 4.90 Å². The molecule has 3 N–H and O–H groups in total. The lowest BCUT2D eigenvalue weighted by atomic mass is 9.44. The van der Waals surface area contributed by atoms with Crippen molar-refractivity contribution in [1.29, 1.82) is 0 Å². The average Bonchev–Trinajstić information content (AvgIpc) is 3.31. The first-order valence-corrected chi connectivity index (χ1v) is 9.00. The van der Waals surface area contributed by atoms with Gasteiger partial charge >= 0.3 is 7.12 Å². The third-order valence-electron chi connectivity index (χ3n) is 6.76. The number of nitrogens with zero attached hydrogens (tertiary/aromatic N) is 1. The standard InChI is InChI=1S/C17H26BNO6/c1-9-11-4-10(17(11,2)3)5-12(9)19-6-14(21)24-18(25-15(22)7-19)16-13(8-20)23-16/h6-7,9-13,16,20-22H,4-5,8H2,1-3H3/b14-6-,15-7?/t9-,10?,11-,12?,13+,16?/m1/s1. The molecular formula is C17H26BNO6. The Labute approximate surface area is 148 Å². The third-order valence-corrected chi connectivity index (χ3v) is 6.76. The maximum atomic E-state index is 10.2. The summed E-state index contributed by atoms with van der Waals surface area (Å²) in [6.45, 7) is 6.73. The quantitative estimate of drug-likeness (QED) is 0.528. The predicted molar refractivity (Wildman–Crippen MR) is 89.9 cm³/mol. The minimum atomic E-state index is -0.983. The Morgan fingerprint density at radius 1 is 1.20 bits per heavy atom. The van der Waals surface area contributed by atoms with Crippen molar-refractivity contribution in [2.24, 2.45) is 23.2 Å². The largest absolute Gasteiger partial charge is 0.632 e. The summed E-state index contributed by atoms with van der Waals surface area (Å²) in [5, 5.41) is 29.4. The van der Waals surface area contributed by atoms with E-state index in [2.05, 4.69) is 20.8 Å². The summed E-state index contributed by atoms with van der Waals surface area (Å²) in [4.78, 5) is 1.80. The summed E-state index contributed by atoms with van der Waals surface area (Å²) in [5.41, 5.74) is 0.358. The van der Waals surface area contributed by atoms with Gasteiger partial charge in [0.15, 0.2) is 0 Å². The Morgan fingerprint density at radius 3 is 2.32 bits per heavy atom. The molecule has 0 amide bonds. The molecule has 8 heteroatoms. The maximum Gasteiger partial charge on any atom is 0.632 e. The second-order valence-electron chi connectivity index (χ2n) is 8.33. The number of epoxide rings is 1. The first-order valence-electron chi connectivity index (χ1n) is 9.00. The molecule has 0 aromatic heterocycles. The molecule has 4 fully saturated rings. The van der Waals surface area contributed by atoms with Crippen molar-refractivity contribution in [2.45, 2.75) is 51.8 Å². The lowest BCUT2D eigenvalue weighted by Crippen LogP contribution is -2.59. The smallest absolute Gasteiger partial charge is 0.496 e. The number of hydrogen-bond donors (Lipinski definition) is 3. The molecule has 1 saturated heterocycles. The molecule has 3 aliphatic carbocycles. The molecule has 5 aliphatic rings. The fourth-order valence-corrected chi connectivity index (χ4v) is 5.00. The fraction of sp³-hybridized carbons (Fsp3) is 0.765. The summed E-state index contributed by atoms with van der Waals surface area (Å²) >= 11 is 0. The Bertz CT molecular complexity index is 586. The zero-order valence-corrected chi connectivity index (χ0v) is 14.8. The Hall–Kier alpha value is -1.54. The van der Waals surface area contributed by atoms with Crippen LogP contribution in [0.1, 0.15) is 33.6 Å². The molecule has 25 heavy (non-hydrogen) atoms.